The fourth-order valence-corrected chi connectivity index (χ4v) is 2.48. The summed E-state index contributed by atoms with van der Waals surface area (Å²) in [7, 11) is 0. The Kier molecular flexibility index (Phi) is 4.82. The van der Waals surface area contributed by atoms with Gasteiger partial charge in [-0.1, -0.05) is 0 Å². The predicted molar refractivity (Wildman–Crippen MR) is 79.0 cm³/mol. The SMILES string of the molecule is CCOC(=O)N1CCC(Nc2ccc(C)nc2C)CC1. The summed E-state index contributed by atoms with van der Waals surface area (Å²) in [6.45, 7) is 7.77. The molecule has 2 heterocycles. The number of ether oxygens (including phenoxy) is 1. The van der Waals surface area contributed by atoms with Crippen LogP contribution in [0.5, 0.6) is 0 Å². The van der Waals surface area contributed by atoms with E-state index in [0.717, 1.165) is 43.0 Å². The highest BCUT2D eigenvalue weighted by Gasteiger charge is 2.23. The highest BCUT2D eigenvalue weighted by molar-refractivity contribution is 5.67. The van der Waals surface area contributed by atoms with Crippen LogP contribution >= 0.6 is 0 Å². The van der Waals surface area contributed by atoms with Crippen LogP contribution in [0.1, 0.15) is 31.2 Å². The van der Waals surface area contributed by atoms with E-state index in [0.29, 0.717) is 12.6 Å². The summed E-state index contributed by atoms with van der Waals surface area (Å²) in [6, 6.07) is 4.49. The van der Waals surface area contributed by atoms with E-state index in [-0.39, 0.29) is 6.09 Å². The summed E-state index contributed by atoms with van der Waals surface area (Å²) >= 11 is 0. The fourth-order valence-electron chi connectivity index (χ4n) is 2.48. The Bertz CT molecular complexity index is 468. The number of piperidine rings is 1. The van der Waals surface area contributed by atoms with Gasteiger partial charge in [0.15, 0.2) is 0 Å². The maximum atomic E-state index is 11.6. The molecule has 0 atom stereocenters. The van der Waals surface area contributed by atoms with Crippen molar-refractivity contribution in [1.29, 1.82) is 0 Å². The number of amides is 1. The summed E-state index contributed by atoms with van der Waals surface area (Å²) in [5.74, 6) is 0. The van der Waals surface area contributed by atoms with Gasteiger partial charge in [0.2, 0.25) is 0 Å². The van der Waals surface area contributed by atoms with Gasteiger partial charge in [-0.05, 0) is 45.7 Å². The van der Waals surface area contributed by atoms with Gasteiger partial charge in [-0.25, -0.2) is 4.79 Å². The number of carbonyl (C=O) groups is 1. The Hall–Kier alpha value is -1.78. The summed E-state index contributed by atoms with van der Waals surface area (Å²) < 4.78 is 5.02. The first-order chi connectivity index (χ1) is 9.60. The van der Waals surface area contributed by atoms with Crippen LogP contribution in [0.2, 0.25) is 0 Å². The molecule has 1 aromatic heterocycles. The molecule has 1 aromatic rings. The van der Waals surface area contributed by atoms with Crippen LogP contribution in [0.4, 0.5) is 10.5 Å². The molecule has 1 amide bonds. The average Bonchev–Trinajstić information content (AvgIpc) is 2.43. The molecular formula is C15H23N3O2. The first kappa shape index (κ1) is 14.6. The van der Waals surface area contributed by atoms with E-state index in [1.807, 2.05) is 26.8 Å². The lowest BCUT2D eigenvalue weighted by molar-refractivity contribution is 0.0983. The van der Waals surface area contributed by atoms with Gasteiger partial charge in [-0.3, -0.25) is 4.98 Å². The number of carbonyl (C=O) groups excluding carboxylic acids is 1. The monoisotopic (exact) mass is 277 g/mol. The number of aryl methyl sites for hydroxylation is 2. The Morgan fingerprint density at radius 1 is 1.40 bits per heavy atom. The molecule has 0 aromatic carbocycles. The van der Waals surface area contributed by atoms with Gasteiger partial charge >= 0.3 is 6.09 Å². The third kappa shape index (κ3) is 3.62. The molecule has 5 heteroatoms. The standard InChI is InChI=1S/C15H23N3O2/c1-4-20-15(19)18-9-7-13(8-10-18)17-14-6-5-11(2)16-12(14)3/h5-6,13,17H,4,7-10H2,1-3H3. The lowest BCUT2D eigenvalue weighted by Gasteiger charge is -2.32. The van der Waals surface area contributed by atoms with E-state index >= 15 is 0 Å². The first-order valence-corrected chi connectivity index (χ1v) is 7.22. The summed E-state index contributed by atoms with van der Waals surface area (Å²) in [4.78, 5) is 17.9. The van der Waals surface area contributed by atoms with Gasteiger partial charge in [0.05, 0.1) is 18.0 Å². The summed E-state index contributed by atoms with van der Waals surface area (Å²) in [5.41, 5.74) is 3.15. The lowest BCUT2D eigenvalue weighted by Crippen LogP contribution is -2.42. The Morgan fingerprint density at radius 2 is 2.10 bits per heavy atom. The second kappa shape index (κ2) is 6.59. The molecule has 1 aliphatic rings. The zero-order valence-corrected chi connectivity index (χ0v) is 12.5. The predicted octanol–water partition coefficient (Wildman–Crippen LogP) is 2.73. The van der Waals surface area contributed by atoms with E-state index in [1.165, 1.54) is 0 Å². The van der Waals surface area contributed by atoms with E-state index in [1.54, 1.807) is 4.90 Å². The lowest BCUT2D eigenvalue weighted by atomic mass is 10.0. The number of nitrogens with zero attached hydrogens (tertiary/aromatic N) is 2. The molecule has 2 rings (SSSR count). The number of rotatable bonds is 3. The van der Waals surface area contributed by atoms with Crippen molar-refractivity contribution in [3.05, 3.63) is 23.5 Å². The van der Waals surface area contributed by atoms with Crippen LogP contribution in [0.25, 0.3) is 0 Å². The van der Waals surface area contributed by atoms with Crippen LogP contribution in [0.3, 0.4) is 0 Å². The van der Waals surface area contributed by atoms with E-state index in [9.17, 15) is 4.79 Å². The van der Waals surface area contributed by atoms with Gasteiger partial charge < -0.3 is 15.0 Å². The van der Waals surface area contributed by atoms with Crippen LogP contribution in [0, 0.1) is 13.8 Å². The molecule has 0 spiro atoms. The molecule has 0 saturated carbocycles. The number of hydrogen-bond donors (Lipinski definition) is 1. The zero-order chi connectivity index (χ0) is 14.5. The third-order valence-corrected chi connectivity index (χ3v) is 3.61. The molecule has 1 fully saturated rings. The fraction of sp³-hybridized carbons (Fsp3) is 0.600. The molecule has 0 radical (unpaired) electrons. The highest BCUT2D eigenvalue weighted by Crippen LogP contribution is 2.19. The third-order valence-electron chi connectivity index (χ3n) is 3.61. The molecule has 0 bridgehead atoms. The number of aromatic nitrogens is 1. The molecular weight excluding hydrogens is 254 g/mol. The highest BCUT2D eigenvalue weighted by atomic mass is 16.6. The van der Waals surface area contributed by atoms with Crippen molar-refractivity contribution in [1.82, 2.24) is 9.88 Å². The van der Waals surface area contributed by atoms with Crippen molar-refractivity contribution < 1.29 is 9.53 Å². The van der Waals surface area contributed by atoms with Gasteiger partial charge in [-0.2, -0.15) is 0 Å². The molecule has 1 N–H and O–H groups in total. The van der Waals surface area contributed by atoms with Gasteiger partial charge in [0.25, 0.3) is 0 Å². The molecule has 5 nitrogen and oxygen atoms in total. The van der Waals surface area contributed by atoms with Crippen molar-refractivity contribution in [3.8, 4) is 0 Å². The number of hydrogen-bond acceptors (Lipinski definition) is 4. The Morgan fingerprint density at radius 3 is 2.70 bits per heavy atom. The number of nitrogens with one attached hydrogen (secondary N) is 1. The molecule has 20 heavy (non-hydrogen) atoms. The molecule has 110 valence electrons. The normalized spacial score (nSPS) is 16.1. The first-order valence-electron chi connectivity index (χ1n) is 7.22. The van der Waals surface area contributed by atoms with Gasteiger partial charge in [0.1, 0.15) is 0 Å². The quantitative estimate of drug-likeness (QED) is 0.923. The van der Waals surface area contributed by atoms with Crippen molar-refractivity contribution in [2.24, 2.45) is 0 Å². The van der Waals surface area contributed by atoms with Crippen molar-refractivity contribution >= 4 is 11.8 Å². The minimum atomic E-state index is -0.195. The van der Waals surface area contributed by atoms with Gasteiger partial charge in [-0.15, -0.1) is 0 Å². The minimum Gasteiger partial charge on any atom is -0.450 e. The van der Waals surface area contributed by atoms with Crippen molar-refractivity contribution in [3.63, 3.8) is 0 Å². The van der Waals surface area contributed by atoms with Crippen molar-refractivity contribution in [2.45, 2.75) is 39.7 Å². The number of likely N-dealkylation sites (tertiary alicyclic amines) is 1. The molecule has 1 saturated heterocycles. The molecule has 0 aliphatic carbocycles. The van der Waals surface area contributed by atoms with Gasteiger partial charge in [0, 0.05) is 24.8 Å². The maximum absolute atomic E-state index is 11.6. The van der Waals surface area contributed by atoms with E-state index in [2.05, 4.69) is 16.4 Å². The molecule has 0 unspecified atom stereocenters. The topological polar surface area (TPSA) is 54.5 Å². The van der Waals surface area contributed by atoms with Crippen LogP contribution in [-0.4, -0.2) is 41.7 Å². The van der Waals surface area contributed by atoms with E-state index in [4.69, 9.17) is 4.74 Å². The second-order valence-corrected chi connectivity index (χ2v) is 5.19. The largest absolute Gasteiger partial charge is 0.450 e. The summed E-state index contributed by atoms with van der Waals surface area (Å²) in [5, 5.41) is 3.53. The zero-order valence-electron chi connectivity index (χ0n) is 12.5. The van der Waals surface area contributed by atoms with Crippen LogP contribution in [0.15, 0.2) is 12.1 Å². The maximum Gasteiger partial charge on any atom is 0.409 e. The minimum absolute atomic E-state index is 0.195. The van der Waals surface area contributed by atoms with E-state index < -0.39 is 0 Å². The van der Waals surface area contributed by atoms with Crippen LogP contribution in [-0.2, 0) is 4.74 Å². The summed E-state index contributed by atoms with van der Waals surface area (Å²) in [6.07, 6.45) is 1.68. The second-order valence-electron chi connectivity index (χ2n) is 5.19. The average molecular weight is 277 g/mol. The number of pyridine rings is 1. The Labute approximate surface area is 120 Å². The molecule has 1 aliphatic heterocycles. The Balaban J connectivity index is 1.86. The van der Waals surface area contributed by atoms with Crippen molar-refractivity contribution in [2.75, 3.05) is 25.0 Å². The van der Waals surface area contributed by atoms with Crippen LogP contribution < -0.4 is 5.32 Å². The smallest absolute Gasteiger partial charge is 0.409 e. The number of anilines is 1.